The van der Waals surface area contributed by atoms with Gasteiger partial charge in [0.25, 0.3) is 5.91 Å². The van der Waals surface area contributed by atoms with Gasteiger partial charge in [0.05, 0.1) is 11.4 Å². The van der Waals surface area contributed by atoms with Gasteiger partial charge in [0.2, 0.25) is 0 Å². The third-order valence-electron chi connectivity index (χ3n) is 4.22. The van der Waals surface area contributed by atoms with Crippen LogP contribution < -0.4 is 21.7 Å². The molecule has 3 rings (SSSR count). The van der Waals surface area contributed by atoms with Crippen molar-refractivity contribution in [3.63, 3.8) is 0 Å². The summed E-state index contributed by atoms with van der Waals surface area (Å²) in [5.41, 5.74) is 14.7. The highest BCUT2D eigenvalue weighted by Crippen LogP contribution is 2.30. The van der Waals surface area contributed by atoms with Crippen LogP contribution >= 0.6 is 0 Å². The van der Waals surface area contributed by atoms with E-state index in [-0.39, 0.29) is 23.5 Å². The summed E-state index contributed by atoms with van der Waals surface area (Å²) < 4.78 is 0. The van der Waals surface area contributed by atoms with E-state index in [1.54, 1.807) is 0 Å². The minimum absolute atomic E-state index is 0.118. The predicted octanol–water partition coefficient (Wildman–Crippen LogP) is 1.55. The molecule has 7 nitrogen and oxygen atoms in total. The van der Waals surface area contributed by atoms with Gasteiger partial charge in [-0.05, 0) is 37.5 Å². The number of rotatable bonds is 3. The first-order valence-corrected chi connectivity index (χ1v) is 8.03. The van der Waals surface area contributed by atoms with Crippen LogP contribution in [0.25, 0.3) is 0 Å². The lowest BCUT2D eigenvalue weighted by atomic mass is 10.0. The summed E-state index contributed by atoms with van der Waals surface area (Å²) in [5.74, 6) is -0.243. The van der Waals surface area contributed by atoms with E-state index < -0.39 is 0 Å². The fourth-order valence-electron chi connectivity index (χ4n) is 2.85. The summed E-state index contributed by atoms with van der Waals surface area (Å²) in [4.78, 5) is 22.7. The Hall–Kier alpha value is -2.67. The van der Waals surface area contributed by atoms with E-state index in [1.165, 1.54) is 12.4 Å². The number of aromatic nitrogens is 2. The molecule has 0 unspecified atom stereocenters. The molecular weight excluding hydrogens is 304 g/mol. The average molecular weight is 326 g/mol. The number of anilines is 3. The fourth-order valence-corrected chi connectivity index (χ4v) is 2.85. The molecule has 7 heteroatoms. The van der Waals surface area contributed by atoms with Gasteiger partial charge in [-0.1, -0.05) is 6.07 Å². The molecule has 2 aromatic rings. The van der Waals surface area contributed by atoms with Crippen molar-refractivity contribution in [1.29, 1.82) is 0 Å². The number of benzene rings is 1. The van der Waals surface area contributed by atoms with E-state index in [9.17, 15) is 4.79 Å². The van der Waals surface area contributed by atoms with Crippen LogP contribution in [0.15, 0.2) is 30.6 Å². The van der Waals surface area contributed by atoms with Crippen molar-refractivity contribution in [2.75, 3.05) is 29.0 Å². The molecule has 1 aromatic carbocycles. The summed E-state index contributed by atoms with van der Waals surface area (Å²) in [6, 6.07) is 6.20. The van der Waals surface area contributed by atoms with E-state index in [0.717, 1.165) is 42.9 Å². The molecule has 0 aliphatic carbocycles. The second kappa shape index (κ2) is 6.84. The zero-order valence-corrected chi connectivity index (χ0v) is 13.7. The van der Waals surface area contributed by atoms with Crippen molar-refractivity contribution < 1.29 is 4.79 Å². The second-order valence-corrected chi connectivity index (χ2v) is 6.09. The van der Waals surface area contributed by atoms with Crippen molar-refractivity contribution in [1.82, 2.24) is 9.97 Å². The van der Waals surface area contributed by atoms with Crippen molar-refractivity contribution in [3.8, 4) is 0 Å². The van der Waals surface area contributed by atoms with Gasteiger partial charge in [0.15, 0.2) is 11.5 Å². The molecular formula is C17H22N6O. The van der Waals surface area contributed by atoms with Crippen molar-refractivity contribution in [2.45, 2.75) is 25.8 Å². The minimum atomic E-state index is -0.362. The quantitative estimate of drug-likeness (QED) is 0.789. The molecule has 126 valence electrons. The molecule has 1 saturated heterocycles. The molecule has 0 spiro atoms. The van der Waals surface area contributed by atoms with Gasteiger partial charge in [-0.3, -0.25) is 4.79 Å². The molecule has 1 amide bonds. The number of hydrogen-bond acceptors (Lipinski definition) is 6. The number of piperidine rings is 1. The first-order valence-electron chi connectivity index (χ1n) is 8.03. The lowest BCUT2D eigenvalue weighted by Gasteiger charge is -2.33. The number of nitrogen functional groups attached to an aromatic ring is 1. The molecule has 0 atom stereocenters. The molecule has 0 radical (unpaired) electrons. The molecule has 0 saturated carbocycles. The Morgan fingerprint density at radius 1 is 1.25 bits per heavy atom. The summed E-state index contributed by atoms with van der Waals surface area (Å²) in [5, 5.41) is 2.91. The highest BCUT2D eigenvalue weighted by Gasteiger charge is 2.20. The Balaban J connectivity index is 1.85. The van der Waals surface area contributed by atoms with E-state index in [1.807, 2.05) is 19.1 Å². The third-order valence-corrected chi connectivity index (χ3v) is 4.22. The first kappa shape index (κ1) is 16.2. The average Bonchev–Trinajstić information content (AvgIpc) is 2.57. The topological polar surface area (TPSA) is 110 Å². The number of nitrogens with zero attached hydrogens (tertiary/aromatic N) is 3. The van der Waals surface area contributed by atoms with Gasteiger partial charge in [-0.15, -0.1) is 0 Å². The number of amides is 1. The van der Waals surface area contributed by atoms with Gasteiger partial charge >= 0.3 is 0 Å². The third kappa shape index (κ3) is 3.46. The van der Waals surface area contributed by atoms with E-state index in [4.69, 9.17) is 11.5 Å². The lowest BCUT2D eigenvalue weighted by molar-refractivity contribution is 0.102. The summed E-state index contributed by atoms with van der Waals surface area (Å²) in [6.45, 7) is 3.78. The standard InChI is InChI=1S/C17H22N6O/c1-11-2-3-13(14(10-11)23-8-4-12(18)5-9-23)22-17(24)15-16(19)21-7-6-20-15/h2-3,6-7,10,12H,4-5,8-9,18H2,1H3,(H2,19,21)(H,22,24). The predicted molar refractivity (Wildman–Crippen MR) is 95.0 cm³/mol. The number of nitrogens with one attached hydrogen (secondary N) is 1. The Labute approximate surface area is 141 Å². The number of carbonyl (C=O) groups is 1. The van der Waals surface area contributed by atoms with Crippen molar-refractivity contribution >= 4 is 23.1 Å². The van der Waals surface area contributed by atoms with Crippen LogP contribution in [0.1, 0.15) is 28.9 Å². The fraction of sp³-hybridized carbons (Fsp3) is 0.353. The van der Waals surface area contributed by atoms with Crippen molar-refractivity contribution in [3.05, 3.63) is 41.9 Å². The Morgan fingerprint density at radius 2 is 1.96 bits per heavy atom. The molecule has 24 heavy (non-hydrogen) atoms. The van der Waals surface area contributed by atoms with Crippen LogP contribution in [0, 0.1) is 6.92 Å². The maximum absolute atomic E-state index is 12.5. The van der Waals surface area contributed by atoms with Crippen LogP contribution in [0.3, 0.4) is 0 Å². The molecule has 1 aromatic heterocycles. The maximum atomic E-state index is 12.5. The summed E-state index contributed by atoms with van der Waals surface area (Å²) in [6.07, 6.45) is 4.80. The number of hydrogen-bond donors (Lipinski definition) is 3. The lowest BCUT2D eigenvalue weighted by Crippen LogP contribution is -2.40. The van der Waals surface area contributed by atoms with Gasteiger partial charge in [0, 0.05) is 31.5 Å². The zero-order valence-electron chi connectivity index (χ0n) is 13.7. The van der Waals surface area contributed by atoms with E-state index >= 15 is 0 Å². The summed E-state index contributed by atoms with van der Waals surface area (Å²) >= 11 is 0. The van der Waals surface area contributed by atoms with Crippen LogP contribution in [0.5, 0.6) is 0 Å². The molecule has 1 aliphatic heterocycles. The van der Waals surface area contributed by atoms with Crippen molar-refractivity contribution in [2.24, 2.45) is 5.73 Å². The Bertz CT molecular complexity index is 740. The molecule has 5 N–H and O–H groups in total. The number of nitrogens with two attached hydrogens (primary N) is 2. The van der Waals surface area contributed by atoms with E-state index in [2.05, 4.69) is 26.3 Å². The first-order chi connectivity index (χ1) is 11.5. The molecule has 1 aliphatic rings. The van der Waals surface area contributed by atoms with Gasteiger partial charge < -0.3 is 21.7 Å². The maximum Gasteiger partial charge on any atom is 0.278 e. The minimum Gasteiger partial charge on any atom is -0.382 e. The molecule has 1 fully saturated rings. The molecule has 0 bridgehead atoms. The normalized spacial score (nSPS) is 15.3. The Morgan fingerprint density at radius 3 is 2.67 bits per heavy atom. The number of carbonyl (C=O) groups excluding carboxylic acids is 1. The highest BCUT2D eigenvalue weighted by molar-refractivity contribution is 6.07. The highest BCUT2D eigenvalue weighted by atomic mass is 16.1. The smallest absolute Gasteiger partial charge is 0.278 e. The zero-order chi connectivity index (χ0) is 17.1. The Kier molecular flexibility index (Phi) is 4.61. The second-order valence-electron chi connectivity index (χ2n) is 6.09. The van der Waals surface area contributed by atoms with Crippen LogP contribution in [-0.4, -0.2) is 35.0 Å². The largest absolute Gasteiger partial charge is 0.382 e. The van der Waals surface area contributed by atoms with Crippen LogP contribution in [-0.2, 0) is 0 Å². The van der Waals surface area contributed by atoms with Gasteiger partial charge in [-0.25, -0.2) is 9.97 Å². The van der Waals surface area contributed by atoms with Gasteiger partial charge in [-0.2, -0.15) is 0 Å². The number of aryl methyl sites for hydroxylation is 1. The van der Waals surface area contributed by atoms with Crippen LogP contribution in [0.4, 0.5) is 17.2 Å². The monoisotopic (exact) mass is 326 g/mol. The SMILES string of the molecule is Cc1ccc(NC(=O)c2nccnc2N)c(N2CCC(N)CC2)c1. The van der Waals surface area contributed by atoms with Gasteiger partial charge in [0.1, 0.15) is 0 Å². The molecule has 2 heterocycles. The van der Waals surface area contributed by atoms with E-state index in [0.29, 0.717) is 0 Å². The van der Waals surface area contributed by atoms with Crippen LogP contribution in [0.2, 0.25) is 0 Å². The summed E-state index contributed by atoms with van der Waals surface area (Å²) in [7, 11) is 0.